The summed E-state index contributed by atoms with van der Waals surface area (Å²) in [5.41, 5.74) is 0.679. The van der Waals surface area contributed by atoms with Gasteiger partial charge in [-0.2, -0.15) is 0 Å². The minimum Gasteiger partial charge on any atom is -0.494 e. The average Bonchev–Trinajstić information content (AvgIpc) is 2.81. The van der Waals surface area contributed by atoms with E-state index in [9.17, 15) is 10.1 Å². The summed E-state index contributed by atoms with van der Waals surface area (Å²) in [5.74, 6) is 2.06. The highest BCUT2D eigenvalue weighted by Gasteiger charge is 2.11. The lowest BCUT2D eigenvalue weighted by Gasteiger charge is -2.09. The van der Waals surface area contributed by atoms with E-state index in [1.54, 1.807) is 6.07 Å². The Morgan fingerprint density at radius 2 is 2.16 bits per heavy atom. The fourth-order valence-corrected chi connectivity index (χ4v) is 1.70. The van der Waals surface area contributed by atoms with Gasteiger partial charge in [0.2, 0.25) is 0 Å². The lowest BCUT2D eigenvalue weighted by molar-refractivity contribution is -0.384. The molecule has 0 aliphatic rings. The first kappa shape index (κ1) is 12.9. The van der Waals surface area contributed by atoms with Crippen molar-refractivity contribution in [2.75, 3.05) is 12.4 Å². The van der Waals surface area contributed by atoms with E-state index in [0.29, 0.717) is 18.0 Å². The largest absolute Gasteiger partial charge is 0.494 e. The maximum atomic E-state index is 10.7. The van der Waals surface area contributed by atoms with Crippen LogP contribution in [0.4, 0.5) is 11.4 Å². The van der Waals surface area contributed by atoms with E-state index in [1.165, 1.54) is 19.2 Å². The molecule has 0 unspecified atom stereocenters. The van der Waals surface area contributed by atoms with E-state index in [0.717, 1.165) is 11.5 Å². The summed E-state index contributed by atoms with van der Waals surface area (Å²) in [6, 6.07) is 8.19. The molecule has 0 saturated carbocycles. The van der Waals surface area contributed by atoms with Crippen LogP contribution in [0.2, 0.25) is 0 Å². The lowest BCUT2D eigenvalue weighted by Crippen LogP contribution is -2.01. The predicted octanol–water partition coefficient (Wildman–Crippen LogP) is 3.12. The van der Waals surface area contributed by atoms with Crippen molar-refractivity contribution in [1.29, 1.82) is 0 Å². The summed E-state index contributed by atoms with van der Waals surface area (Å²) >= 11 is 0. The minimum absolute atomic E-state index is 0.00348. The number of methoxy groups -OCH3 is 1. The molecule has 1 N–H and O–H groups in total. The molecule has 0 saturated heterocycles. The van der Waals surface area contributed by atoms with Crippen LogP contribution in [-0.4, -0.2) is 12.0 Å². The van der Waals surface area contributed by atoms with E-state index in [4.69, 9.17) is 9.15 Å². The van der Waals surface area contributed by atoms with Crippen LogP contribution < -0.4 is 10.1 Å². The van der Waals surface area contributed by atoms with Gasteiger partial charge in [0.15, 0.2) is 0 Å². The van der Waals surface area contributed by atoms with Crippen LogP contribution in [-0.2, 0) is 6.54 Å². The molecule has 1 aromatic carbocycles. The van der Waals surface area contributed by atoms with Crippen LogP contribution in [0.25, 0.3) is 0 Å². The maximum Gasteiger partial charge on any atom is 0.273 e. The number of aryl methyl sites for hydroxylation is 1. The number of furan rings is 1. The lowest BCUT2D eigenvalue weighted by atomic mass is 10.2. The predicted molar refractivity (Wildman–Crippen MR) is 70.4 cm³/mol. The summed E-state index contributed by atoms with van der Waals surface area (Å²) in [5, 5.41) is 13.8. The first-order valence-electron chi connectivity index (χ1n) is 5.72. The number of ether oxygens (including phenoxy) is 1. The molecule has 100 valence electrons. The third kappa shape index (κ3) is 3.04. The number of nitrogens with one attached hydrogen (secondary N) is 1. The van der Waals surface area contributed by atoms with Gasteiger partial charge in [-0.3, -0.25) is 10.1 Å². The fraction of sp³-hybridized carbons (Fsp3) is 0.231. The van der Waals surface area contributed by atoms with Crippen molar-refractivity contribution in [2.45, 2.75) is 13.5 Å². The standard InChI is InChI=1S/C13H14N2O4/c1-9-3-5-11(19-9)8-14-12-6-4-10(15(16)17)7-13(12)18-2/h3-7,14H,8H2,1-2H3. The summed E-state index contributed by atoms with van der Waals surface area (Å²) in [6.45, 7) is 2.36. The van der Waals surface area contributed by atoms with Gasteiger partial charge in [0.25, 0.3) is 5.69 Å². The summed E-state index contributed by atoms with van der Waals surface area (Å²) in [4.78, 5) is 10.2. The first-order valence-corrected chi connectivity index (χ1v) is 5.72. The SMILES string of the molecule is COc1cc([N+](=O)[O-])ccc1NCc1ccc(C)o1. The Morgan fingerprint density at radius 3 is 2.74 bits per heavy atom. The Balaban J connectivity index is 2.13. The van der Waals surface area contributed by atoms with Crippen molar-refractivity contribution in [1.82, 2.24) is 0 Å². The molecular formula is C13H14N2O4. The van der Waals surface area contributed by atoms with E-state index < -0.39 is 4.92 Å². The van der Waals surface area contributed by atoms with Crippen LogP contribution >= 0.6 is 0 Å². The smallest absolute Gasteiger partial charge is 0.273 e. The molecule has 2 rings (SSSR count). The van der Waals surface area contributed by atoms with Gasteiger partial charge in [0, 0.05) is 6.07 Å². The van der Waals surface area contributed by atoms with Crippen LogP contribution in [0.15, 0.2) is 34.7 Å². The molecule has 0 bridgehead atoms. The van der Waals surface area contributed by atoms with Crippen molar-refractivity contribution < 1.29 is 14.1 Å². The van der Waals surface area contributed by atoms with Crippen molar-refractivity contribution in [3.63, 3.8) is 0 Å². The minimum atomic E-state index is -0.456. The van der Waals surface area contributed by atoms with Crippen molar-refractivity contribution in [3.8, 4) is 5.75 Å². The Kier molecular flexibility index (Phi) is 3.70. The molecule has 0 aliphatic heterocycles. The Bertz CT molecular complexity index is 592. The van der Waals surface area contributed by atoms with E-state index in [2.05, 4.69) is 5.32 Å². The molecule has 2 aromatic rings. The second kappa shape index (κ2) is 5.43. The topological polar surface area (TPSA) is 77.5 Å². The molecule has 6 nitrogen and oxygen atoms in total. The Morgan fingerprint density at radius 1 is 1.37 bits per heavy atom. The number of anilines is 1. The number of benzene rings is 1. The molecule has 1 aromatic heterocycles. The number of hydrogen-bond donors (Lipinski definition) is 1. The zero-order valence-corrected chi connectivity index (χ0v) is 10.7. The molecule has 1 heterocycles. The van der Waals surface area contributed by atoms with Gasteiger partial charge in [0.05, 0.1) is 30.3 Å². The zero-order chi connectivity index (χ0) is 13.8. The average molecular weight is 262 g/mol. The molecule has 0 fully saturated rings. The van der Waals surface area contributed by atoms with Gasteiger partial charge in [-0.15, -0.1) is 0 Å². The molecular weight excluding hydrogens is 248 g/mol. The number of rotatable bonds is 5. The number of nitrogens with zero attached hydrogens (tertiary/aromatic N) is 1. The molecule has 6 heteroatoms. The summed E-state index contributed by atoms with van der Waals surface area (Å²) < 4.78 is 10.6. The maximum absolute atomic E-state index is 10.7. The van der Waals surface area contributed by atoms with Crippen molar-refractivity contribution >= 4 is 11.4 Å². The third-order valence-corrected chi connectivity index (χ3v) is 2.65. The Labute approximate surface area is 110 Å². The molecule has 0 atom stereocenters. The first-order chi connectivity index (χ1) is 9.10. The summed E-state index contributed by atoms with van der Waals surface area (Å²) in [6.07, 6.45) is 0. The second-order valence-electron chi connectivity index (χ2n) is 4.01. The van der Waals surface area contributed by atoms with Crippen LogP contribution in [0.3, 0.4) is 0 Å². The second-order valence-corrected chi connectivity index (χ2v) is 4.01. The molecule has 0 amide bonds. The van der Waals surface area contributed by atoms with Crippen LogP contribution in [0.5, 0.6) is 5.75 Å². The fourth-order valence-electron chi connectivity index (χ4n) is 1.70. The van der Waals surface area contributed by atoms with Crippen molar-refractivity contribution in [3.05, 3.63) is 52.0 Å². The van der Waals surface area contributed by atoms with Gasteiger partial charge < -0.3 is 14.5 Å². The Hall–Kier alpha value is -2.50. The number of hydrogen-bond acceptors (Lipinski definition) is 5. The zero-order valence-electron chi connectivity index (χ0n) is 10.7. The van der Waals surface area contributed by atoms with Gasteiger partial charge in [-0.05, 0) is 25.1 Å². The highest BCUT2D eigenvalue weighted by molar-refractivity contribution is 5.60. The highest BCUT2D eigenvalue weighted by Crippen LogP contribution is 2.29. The van der Waals surface area contributed by atoms with Crippen molar-refractivity contribution in [2.24, 2.45) is 0 Å². The van der Waals surface area contributed by atoms with Gasteiger partial charge in [-0.25, -0.2) is 0 Å². The van der Waals surface area contributed by atoms with E-state index in [-0.39, 0.29) is 5.69 Å². The van der Waals surface area contributed by atoms with Gasteiger partial charge in [0.1, 0.15) is 17.3 Å². The van der Waals surface area contributed by atoms with E-state index in [1.807, 2.05) is 19.1 Å². The summed E-state index contributed by atoms with van der Waals surface area (Å²) in [7, 11) is 1.47. The number of nitro benzene ring substituents is 1. The monoisotopic (exact) mass is 262 g/mol. The number of non-ortho nitro benzene ring substituents is 1. The molecule has 0 radical (unpaired) electrons. The molecule has 19 heavy (non-hydrogen) atoms. The van der Waals surface area contributed by atoms with Gasteiger partial charge >= 0.3 is 0 Å². The van der Waals surface area contributed by atoms with Crippen LogP contribution in [0, 0.1) is 17.0 Å². The van der Waals surface area contributed by atoms with Gasteiger partial charge in [-0.1, -0.05) is 0 Å². The normalized spacial score (nSPS) is 10.2. The quantitative estimate of drug-likeness (QED) is 0.661. The third-order valence-electron chi connectivity index (χ3n) is 2.65. The highest BCUT2D eigenvalue weighted by atomic mass is 16.6. The molecule has 0 aliphatic carbocycles. The van der Waals surface area contributed by atoms with E-state index >= 15 is 0 Å². The van der Waals surface area contributed by atoms with Crippen LogP contribution in [0.1, 0.15) is 11.5 Å². The number of nitro groups is 1. The molecule has 0 spiro atoms.